The molecular formula is C14H18N2. The highest BCUT2D eigenvalue weighted by molar-refractivity contribution is 5.83. The maximum Gasteiger partial charge on any atom is 0.0524 e. The van der Waals surface area contributed by atoms with Crippen LogP contribution in [0.1, 0.15) is 6.42 Å². The van der Waals surface area contributed by atoms with Gasteiger partial charge in [0.15, 0.2) is 0 Å². The third-order valence-electron chi connectivity index (χ3n) is 2.79. The molecule has 0 unspecified atom stereocenters. The van der Waals surface area contributed by atoms with Crippen molar-refractivity contribution in [3.8, 4) is 0 Å². The molecule has 0 aliphatic rings. The van der Waals surface area contributed by atoms with Gasteiger partial charge in [-0.3, -0.25) is 0 Å². The third kappa shape index (κ3) is 2.17. The van der Waals surface area contributed by atoms with Crippen LogP contribution < -0.4 is 0 Å². The molecule has 0 fully saturated rings. The second kappa shape index (κ2) is 4.54. The number of para-hydroxylation sites is 1. The summed E-state index contributed by atoms with van der Waals surface area (Å²) in [5.74, 6) is 0. The van der Waals surface area contributed by atoms with Gasteiger partial charge in [-0.1, -0.05) is 24.8 Å². The van der Waals surface area contributed by atoms with E-state index >= 15 is 0 Å². The highest BCUT2D eigenvalue weighted by atomic mass is 15.1. The standard InChI is InChI=1S/C14H18N2/c1-12(8-10-15(2)3)16-11-9-13-6-4-5-7-14(13)16/h4-7,9,11H,1,8,10H2,2-3H3. The lowest BCUT2D eigenvalue weighted by atomic mass is 10.2. The smallest absolute Gasteiger partial charge is 0.0524 e. The summed E-state index contributed by atoms with van der Waals surface area (Å²) < 4.78 is 2.18. The van der Waals surface area contributed by atoms with Crippen molar-refractivity contribution in [3.05, 3.63) is 43.1 Å². The predicted molar refractivity (Wildman–Crippen MR) is 70.4 cm³/mol. The molecule has 2 nitrogen and oxygen atoms in total. The van der Waals surface area contributed by atoms with Crippen molar-refractivity contribution in [1.82, 2.24) is 9.47 Å². The van der Waals surface area contributed by atoms with Gasteiger partial charge in [0, 0.05) is 24.9 Å². The Balaban J connectivity index is 2.23. The van der Waals surface area contributed by atoms with Crippen LogP contribution >= 0.6 is 0 Å². The van der Waals surface area contributed by atoms with Gasteiger partial charge in [-0.25, -0.2) is 0 Å². The molecule has 1 aromatic heterocycles. The highest BCUT2D eigenvalue weighted by Crippen LogP contribution is 2.20. The number of fused-ring (bicyclic) bond motifs is 1. The van der Waals surface area contributed by atoms with E-state index in [2.05, 4.69) is 66.7 Å². The van der Waals surface area contributed by atoms with Crippen LogP contribution in [-0.2, 0) is 0 Å². The first-order chi connectivity index (χ1) is 7.68. The minimum absolute atomic E-state index is 0.992. The van der Waals surface area contributed by atoms with Gasteiger partial charge in [-0.15, -0.1) is 0 Å². The maximum absolute atomic E-state index is 4.16. The fourth-order valence-electron chi connectivity index (χ4n) is 1.83. The number of rotatable bonds is 4. The number of nitrogens with zero attached hydrogens (tertiary/aromatic N) is 2. The zero-order valence-electron chi connectivity index (χ0n) is 9.98. The van der Waals surface area contributed by atoms with E-state index in [0.717, 1.165) is 18.7 Å². The summed E-state index contributed by atoms with van der Waals surface area (Å²) in [6.07, 6.45) is 3.09. The molecule has 16 heavy (non-hydrogen) atoms. The van der Waals surface area contributed by atoms with E-state index in [0.29, 0.717) is 0 Å². The van der Waals surface area contributed by atoms with Crippen molar-refractivity contribution in [1.29, 1.82) is 0 Å². The van der Waals surface area contributed by atoms with Crippen LogP contribution in [0.15, 0.2) is 43.1 Å². The first-order valence-corrected chi connectivity index (χ1v) is 5.57. The van der Waals surface area contributed by atoms with Crippen molar-refractivity contribution in [3.63, 3.8) is 0 Å². The summed E-state index contributed by atoms with van der Waals surface area (Å²) in [6, 6.07) is 10.5. The molecule has 1 heterocycles. The van der Waals surface area contributed by atoms with Crippen molar-refractivity contribution in [2.45, 2.75) is 6.42 Å². The van der Waals surface area contributed by atoms with E-state index in [1.54, 1.807) is 0 Å². The Morgan fingerprint density at radius 2 is 2.00 bits per heavy atom. The zero-order chi connectivity index (χ0) is 11.5. The normalized spacial score (nSPS) is 11.2. The van der Waals surface area contributed by atoms with Gasteiger partial charge in [0.2, 0.25) is 0 Å². The Hall–Kier alpha value is -1.54. The lowest BCUT2D eigenvalue weighted by Gasteiger charge is -2.13. The summed E-state index contributed by atoms with van der Waals surface area (Å²) in [6.45, 7) is 5.19. The average Bonchev–Trinajstić information content (AvgIpc) is 2.69. The fraction of sp³-hybridized carbons (Fsp3) is 0.286. The molecule has 2 rings (SSSR count). The summed E-state index contributed by atoms with van der Waals surface area (Å²) in [4.78, 5) is 2.18. The summed E-state index contributed by atoms with van der Waals surface area (Å²) in [7, 11) is 4.17. The van der Waals surface area contributed by atoms with Gasteiger partial charge in [0.05, 0.1) is 5.52 Å². The molecule has 0 spiro atoms. The summed E-state index contributed by atoms with van der Waals surface area (Å²) in [5, 5.41) is 1.27. The molecule has 0 atom stereocenters. The third-order valence-corrected chi connectivity index (χ3v) is 2.79. The molecule has 84 valence electrons. The maximum atomic E-state index is 4.16. The molecule has 0 saturated carbocycles. The lowest BCUT2D eigenvalue weighted by Crippen LogP contribution is -2.14. The Kier molecular flexibility index (Phi) is 3.11. The van der Waals surface area contributed by atoms with Crippen molar-refractivity contribution >= 4 is 16.6 Å². The van der Waals surface area contributed by atoms with Crippen molar-refractivity contribution < 1.29 is 0 Å². The molecule has 0 saturated heterocycles. The van der Waals surface area contributed by atoms with Gasteiger partial charge in [-0.2, -0.15) is 0 Å². The number of hydrogen-bond donors (Lipinski definition) is 0. The van der Waals surface area contributed by atoms with Gasteiger partial charge in [0.25, 0.3) is 0 Å². The lowest BCUT2D eigenvalue weighted by molar-refractivity contribution is 0.417. The summed E-state index contributed by atoms with van der Waals surface area (Å²) >= 11 is 0. The SMILES string of the molecule is C=C(CCN(C)C)n1ccc2ccccc21. The van der Waals surface area contributed by atoms with Gasteiger partial charge < -0.3 is 9.47 Å². The topological polar surface area (TPSA) is 8.17 Å². The molecular weight excluding hydrogens is 196 g/mol. The van der Waals surface area contributed by atoms with Crippen LogP contribution in [0.5, 0.6) is 0 Å². The molecule has 0 amide bonds. The monoisotopic (exact) mass is 214 g/mol. The number of benzene rings is 1. The Labute approximate surface area is 96.8 Å². The van der Waals surface area contributed by atoms with Crippen molar-refractivity contribution in [2.24, 2.45) is 0 Å². The first kappa shape index (κ1) is 11.0. The van der Waals surface area contributed by atoms with E-state index in [9.17, 15) is 0 Å². The molecule has 0 radical (unpaired) electrons. The van der Waals surface area contributed by atoms with Crippen LogP contribution in [0.25, 0.3) is 16.6 Å². The van der Waals surface area contributed by atoms with Crippen molar-refractivity contribution in [2.75, 3.05) is 20.6 Å². The van der Waals surface area contributed by atoms with E-state index in [1.165, 1.54) is 10.9 Å². The minimum atomic E-state index is 0.992. The van der Waals surface area contributed by atoms with E-state index in [1.807, 2.05) is 0 Å². The van der Waals surface area contributed by atoms with Crippen LogP contribution in [-0.4, -0.2) is 30.1 Å². The van der Waals surface area contributed by atoms with Gasteiger partial charge in [0.1, 0.15) is 0 Å². The zero-order valence-corrected chi connectivity index (χ0v) is 9.98. The number of hydrogen-bond acceptors (Lipinski definition) is 1. The molecule has 1 aromatic carbocycles. The largest absolute Gasteiger partial charge is 0.321 e. The van der Waals surface area contributed by atoms with Crippen LogP contribution in [0.3, 0.4) is 0 Å². The average molecular weight is 214 g/mol. The molecule has 0 bridgehead atoms. The highest BCUT2D eigenvalue weighted by Gasteiger charge is 2.03. The summed E-state index contributed by atoms with van der Waals surface area (Å²) in [5.41, 5.74) is 2.39. The second-order valence-electron chi connectivity index (χ2n) is 4.36. The Bertz CT molecular complexity index is 494. The van der Waals surface area contributed by atoms with Gasteiger partial charge in [-0.05, 0) is 31.6 Å². The second-order valence-corrected chi connectivity index (χ2v) is 4.36. The van der Waals surface area contributed by atoms with Crippen LogP contribution in [0, 0.1) is 0 Å². The van der Waals surface area contributed by atoms with E-state index < -0.39 is 0 Å². The Morgan fingerprint density at radius 1 is 1.25 bits per heavy atom. The van der Waals surface area contributed by atoms with E-state index in [-0.39, 0.29) is 0 Å². The molecule has 2 aromatic rings. The van der Waals surface area contributed by atoms with Gasteiger partial charge >= 0.3 is 0 Å². The quantitative estimate of drug-likeness (QED) is 0.759. The Morgan fingerprint density at radius 3 is 2.75 bits per heavy atom. The van der Waals surface area contributed by atoms with Crippen LogP contribution in [0.2, 0.25) is 0 Å². The fourth-order valence-corrected chi connectivity index (χ4v) is 1.83. The molecule has 2 heteroatoms. The first-order valence-electron chi connectivity index (χ1n) is 5.57. The molecule has 0 aliphatic heterocycles. The van der Waals surface area contributed by atoms with Crippen LogP contribution in [0.4, 0.5) is 0 Å². The number of aromatic nitrogens is 1. The van der Waals surface area contributed by atoms with E-state index in [4.69, 9.17) is 0 Å². The molecule has 0 aliphatic carbocycles. The molecule has 0 N–H and O–H groups in total. The predicted octanol–water partition coefficient (Wildman–Crippen LogP) is 3.06. The minimum Gasteiger partial charge on any atom is -0.321 e.